The molecule has 3 aliphatic carbocycles. The van der Waals surface area contributed by atoms with Crippen molar-refractivity contribution in [2.75, 3.05) is 6.54 Å². The zero-order chi connectivity index (χ0) is 25.8. The molecule has 2 aliphatic heterocycles. The molecule has 2 saturated heterocycles. The lowest BCUT2D eigenvalue weighted by Gasteiger charge is -2.64. The Hall–Kier alpha value is -2.12. The van der Waals surface area contributed by atoms with Crippen molar-refractivity contribution >= 4 is 18.9 Å². The van der Waals surface area contributed by atoms with E-state index >= 15 is 0 Å². The van der Waals surface area contributed by atoms with Crippen molar-refractivity contribution < 1.29 is 18.9 Å². The van der Waals surface area contributed by atoms with Crippen LogP contribution in [-0.2, 0) is 25.3 Å². The van der Waals surface area contributed by atoms with E-state index in [0.717, 1.165) is 19.3 Å². The molecule has 5 fully saturated rings. The quantitative estimate of drug-likeness (QED) is 0.478. The highest BCUT2D eigenvalue weighted by Gasteiger charge is 2.68. The van der Waals surface area contributed by atoms with Gasteiger partial charge < -0.3 is 19.5 Å². The van der Waals surface area contributed by atoms with E-state index < -0.39 is 13.2 Å². The van der Waals surface area contributed by atoms with Gasteiger partial charge in [-0.2, -0.15) is 0 Å². The minimum Gasteiger partial charge on any atom is -0.404 e. The summed E-state index contributed by atoms with van der Waals surface area (Å²) in [6, 6.07) is 5.94. The maximum Gasteiger partial charge on any atom is 0.482 e. The highest BCUT2D eigenvalue weighted by atomic mass is 16.7. The van der Waals surface area contributed by atoms with Gasteiger partial charge in [-0.1, -0.05) is 44.2 Å². The van der Waals surface area contributed by atoms with Gasteiger partial charge in [-0.3, -0.25) is 9.59 Å². The SMILES string of the molecule is C=CC(=O)N1CCCC[C@@H]1C(=O)N[C@@H](Cc1ccc(C)cc1C)B1O[C@@H]2CC3CC(C3(C)C)[C@]2(C)O1. The summed E-state index contributed by atoms with van der Waals surface area (Å²) in [6.07, 6.45) is 6.65. The van der Waals surface area contributed by atoms with Gasteiger partial charge in [-0.25, -0.2) is 0 Å². The van der Waals surface area contributed by atoms with Crippen LogP contribution in [0.15, 0.2) is 30.9 Å². The molecule has 0 radical (unpaired) electrons. The number of nitrogens with one attached hydrogen (secondary N) is 1. The number of likely N-dealkylation sites (tertiary alicyclic amines) is 1. The zero-order valence-electron chi connectivity index (χ0n) is 22.5. The molecule has 1 aromatic carbocycles. The zero-order valence-corrected chi connectivity index (χ0v) is 22.5. The lowest BCUT2D eigenvalue weighted by Crippen LogP contribution is -2.65. The number of benzene rings is 1. The van der Waals surface area contributed by atoms with Gasteiger partial charge in [0, 0.05) is 6.54 Å². The molecule has 194 valence electrons. The van der Waals surface area contributed by atoms with Crippen LogP contribution in [0.2, 0.25) is 0 Å². The Kier molecular flexibility index (Phi) is 6.61. The van der Waals surface area contributed by atoms with Crippen LogP contribution in [0.4, 0.5) is 0 Å². The van der Waals surface area contributed by atoms with Crippen LogP contribution >= 0.6 is 0 Å². The summed E-state index contributed by atoms with van der Waals surface area (Å²) in [5, 5.41) is 3.29. The molecule has 36 heavy (non-hydrogen) atoms. The van der Waals surface area contributed by atoms with Crippen molar-refractivity contribution in [1.29, 1.82) is 0 Å². The molecule has 6 atom stereocenters. The number of carbonyl (C=O) groups is 2. The Morgan fingerprint density at radius 2 is 2.03 bits per heavy atom. The van der Waals surface area contributed by atoms with Crippen LogP contribution in [0.1, 0.15) is 69.6 Å². The first-order valence-electron chi connectivity index (χ1n) is 13.7. The molecule has 2 bridgehead atoms. The van der Waals surface area contributed by atoms with Crippen molar-refractivity contribution in [1.82, 2.24) is 10.2 Å². The molecule has 1 aromatic rings. The Bertz CT molecular complexity index is 1060. The molecule has 3 saturated carbocycles. The lowest BCUT2D eigenvalue weighted by molar-refractivity contribution is -0.199. The van der Waals surface area contributed by atoms with Crippen molar-refractivity contribution in [3.63, 3.8) is 0 Å². The average Bonchev–Trinajstić information content (AvgIpc) is 3.21. The molecule has 2 heterocycles. The highest BCUT2D eigenvalue weighted by Crippen LogP contribution is 2.65. The number of aryl methyl sites for hydroxylation is 2. The van der Waals surface area contributed by atoms with Gasteiger partial charge >= 0.3 is 7.12 Å². The van der Waals surface area contributed by atoms with Gasteiger partial charge in [0.1, 0.15) is 6.04 Å². The van der Waals surface area contributed by atoms with E-state index in [0.29, 0.717) is 31.2 Å². The van der Waals surface area contributed by atoms with Crippen LogP contribution in [0.5, 0.6) is 0 Å². The summed E-state index contributed by atoms with van der Waals surface area (Å²) in [6.45, 7) is 15.3. The topological polar surface area (TPSA) is 67.9 Å². The third kappa shape index (κ3) is 4.22. The molecule has 6 rings (SSSR count). The number of carbonyl (C=O) groups excluding carboxylic acids is 2. The summed E-state index contributed by atoms with van der Waals surface area (Å²) < 4.78 is 13.4. The van der Waals surface area contributed by atoms with Gasteiger partial charge in [0.25, 0.3) is 0 Å². The largest absolute Gasteiger partial charge is 0.482 e. The van der Waals surface area contributed by atoms with Gasteiger partial charge in [0.2, 0.25) is 11.8 Å². The fraction of sp³-hybridized carbons (Fsp3) is 0.655. The minimum absolute atomic E-state index is 0.0475. The molecule has 1 N–H and O–H groups in total. The number of amides is 2. The van der Waals surface area contributed by atoms with Gasteiger partial charge in [-0.15, -0.1) is 0 Å². The second kappa shape index (κ2) is 9.32. The van der Waals surface area contributed by atoms with Crippen molar-refractivity contribution in [2.45, 2.75) is 96.8 Å². The molecule has 7 heteroatoms. The molecular formula is C29H41BN2O4. The first-order valence-corrected chi connectivity index (χ1v) is 13.7. The Balaban J connectivity index is 1.40. The number of nitrogens with zero attached hydrogens (tertiary/aromatic N) is 1. The van der Waals surface area contributed by atoms with E-state index in [1.165, 1.54) is 29.2 Å². The Labute approximate surface area is 216 Å². The van der Waals surface area contributed by atoms with Gasteiger partial charge in [-0.05, 0) is 93.7 Å². The first kappa shape index (κ1) is 25.5. The summed E-state index contributed by atoms with van der Waals surface area (Å²) >= 11 is 0. The van der Waals surface area contributed by atoms with Crippen molar-refractivity contribution in [2.24, 2.45) is 17.3 Å². The standard InChI is InChI=1S/C29H41BN2O4/c1-7-26(33)32-13-9-8-10-22(32)27(34)31-25(15-20-12-11-18(2)14-19(20)3)30-35-24-17-21-16-23(28(21,4)5)29(24,6)36-30/h7,11-12,14,21-25H,1,8-10,13,15-17H2,2-6H3,(H,31,34)/t21?,22-,23?,24-,25+,29+/m1/s1. The number of rotatable bonds is 6. The molecule has 5 aliphatic rings. The highest BCUT2D eigenvalue weighted by molar-refractivity contribution is 6.48. The fourth-order valence-corrected chi connectivity index (χ4v) is 7.46. The summed E-state index contributed by atoms with van der Waals surface area (Å²) in [5.74, 6) is 0.460. The molecule has 2 unspecified atom stereocenters. The molecular weight excluding hydrogens is 451 g/mol. The predicted octanol–water partition coefficient (Wildman–Crippen LogP) is 4.17. The van der Waals surface area contributed by atoms with E-state index in [1.807, 2.05) is 0 Å². The Morgan fingerprint density at radius 3 is 2.72 bits per heavy atom. The second-order valence-electron chi connectivity index (χ2n) is 12.3. The van der Waals surface area contributed by atoms with Gasteiger partial charge in [0.05, 0.1) is 17.6 Å². The third-order valence-corrected chi connectivity index (χ3v) is 9.83. The van der Waals surface area contributed by atoms with E-state index in [4.69, 9.17) is 9.31 Å². The average molecular weight is 492 g/mol. The maximum atomic E-state index is 13.6. The van der Waals surface area contributed by atoms with E-state index in [9.17, 15) is 9.59 Å². The monoisotopic (exact) mass is 492 g/mol. The Morgan fingerprint density at radius 1 is 1.25 bits per heavy atom. The van der Waals surface area contributed by atoms with Crippen LogP contribution in [0, 0.1) is 31.1 Å². The van der Waals surface area contributed by atoms with E-state index in [2.05, 4.69) is 64.7 Å². The third-order valence-electron chi connectivity index (χ3n) is 9.83. The minimum atomic E-state index is -0.521. The van der Waals surface area contributed by atoms with E-state index in [-0.39, 0.29) is 34.9 Å². The summed E-state index contributed by atoms with van der Waals surface area (Å²) in [5.41, 5.74) is 3.49. The summed E-state index contributed by atoms with van der Waals surface area (Å²) in [4.78, 5) is 27.8. The smallest absolute Gasteiger partial charge is 0.404 e. The lowest BCUT2D eigenvalue weighted by atomic mass is 9.43. The molecule has 6 nitrogen and oxygen atoms in total. The molecule has 2 amide bonds. The molecule has 0 aromatic heterocycles. The number of hydrogen-bond acceptors (Lipinski definition) is 4. The van der Waals surface area contributed by atoms with Crippen molar-refractivity contribution in [3.8, 4) is 0 Å². The normalized spacial score (nSPS) is 33.4. The molecule has 0 spiro atoms. The van der Waals surface area contributed by atoms with Crippen molar-refractivity contribution in [3.05, 3.63) is 47.5 Å². The number of piperidine rings is 1. The van der Waals surface area contributed by atoms with Gasteiger partial charge in [0.15, 0.2) is 0 Å². The summed E-state index contributed by atoms with van der Waals surface area (Å²) in [7, 11) is -0.521. The predicted molar refractivity (Wildman–Crippen MR) is 141 cm³/mol. The first-order chi connectivity index (χ1) is 17.0. The van der Waals surface area contributed by atoms with Crippen LogP contribution < -0.4 is 5.32 Å². The van der Waals surface area contributed by atoms with Crippen LogP contribution in [0.3, 0.4) is 0 Å². The van der Waals surface area contributed by atoms with Crippen LogP contribution in [0.25, 0.3) is 0 Å². The second-order valence-corrected chi connectivity index (χ2v) is 12.3. The fourth-order valence-electron chi connectivity index (χ4n) is 7.46. The van der Waals surface area contributed by atoms with Crippen LogP contribution in [-0.4, -0.2) is 54.1 Å². The van der Waals surface area contributed by atoms with E-state index in [1.54, 1.807) is 4.90 Å². The maximum absolute atomic E-state index is 13.6. The number of hydrogen-bond donors (Lipinski definition) is 1.